The lowest BCUT2D eigenvalue weighted by molar-refractivity contribution is -0.139. The van der Waals surface area contributed by atoms with Crippen molar-refractivity contribution in [3.63, 3.8) is 0 Å². The van der Waals surface area contributed by atoms with Gasteiger partial charge in [0.2, 0.25) is 0 Å². The molecular weight excluding hydrogens is 256 g/mol. The van der Waals surface area contributed by atoms with Crippen LogP contribution >= 0.6 is 0 Å². The summed E-state index contributed by atoms with van der Waals surface area (Å²) in [4.78, 5) is 23.0. The Kier molecular flexibility index (Phi) is 7.17. The van der Waals surface area contributed by atoms with Gasteiger partial charge in [-0.15, -0.1) is 0 Å². The molecule has 5 nitrogen and oxygen atoms in total. The van der Waals surface area contributed by atoms with E-state index in [4.69, 9.17) is 4.74 Å². The normalized spacial score (nSPS) is 9.90. The zero-order valence-corrected chi connectivity index (χ0v) is 12.1. The second-order valence-corrected chi connectivity index (χ2v) is 4.37. The summed E-state index contributed by atoms with van der Waals surface area (Å²) in [5.74, 6) is -0.390. The first-order chi connectivity index (χ1) is 9.67. The largest absolute Gasteiger partial charge is 0.494 e. The Bertz CT molecular complexity index is 429. The fourth-order valence-electron chi connectivity index (χ4n) is 1.59. The van der Waals surface area contributed by atoms with Crippen LogP contribution in [0.25, 0.3) is 0 Å². The van der Waals surface area contributed by atoms with Gasteiger partial charge in [0.05, 0.1) is 6.61 Å². The van der Waals surface area contributed by atoms with Crippen LogP contribution in [0.1, 0.15) is 32.3 Å². The molecule has 2 N–H and O–H groups in total. The molecule has 0 saturated heterocycles. The number of ether oxygens (including phenoxy) is 1. The molecule has 0 radical (unpaired) electrons. The molecule has 0 aliphatic carbocycles. The van der Waals surface area contributed by atoms with Gasteiger partial charge in [0, 0.05) is 13.1 Å². The zero-order valence-electron chi connectivity index (χ0n) is 12.1. The maximum atomic E-state index is 11.5. The van der Waals surface area contributed by atoms with Gasteiger partial charge in [0.15, 0.2) is 0 Å². The number of hydrogen-bond donors (Lipinski definition) is 2. The number of hydrogen-bond acceptors (Lipinski definition) is 3. The van der Waals surface area contributed by atoms with E-state index in [0.29, 0.717) is 19.7 Å². The van der Waals surface area contributed by atoms with Gasteiger partial charge < -0.3 is 15.4 Å². The SMILES string of the molecule is CCCCNC(=O)C(=O)NCc1ccc(OCC)cc1. The first-order valence-electron chi connectivity index (χ1n) is 6.95. The standard InChI is InChI=1S/C15H22N2O3/c1-3-5-10-16-14(18)15(19)17-11-12-6-8-13(9-7-12)20-4-2/h6-9H,3-5,10-11H2,1-2H3,(H,16,18)(H,17,19). The fourth-order valence-corrected chi connectivity index (χ4v) is 1.59. The fraction of sp³-hybridized carbons (Fsp3) is 0.467. The molecule has 0 saturated carbocycles. The van der Waals surface area contributed by atoms with E-state index >= 15 is 0 Å². The van der Waals surface area contributed by atoms with E-state index in [1.54, 1.807) is 0 Å². The van der Waals surface area contributed by atoms with E-state index in [9.17, 15) is 9.59 Å². The van der Waals surface area contributed by atoms with Crippen molar-refractivity contribution in [2.75, 3.05) is 13.2 Å². The minimum absolute atomic E-state index is 0.326. The Morgan fingerprint density at radius 1 is 1.05 bits per heavy atom. The van der Waals surface area contributed by atoms with Crippen LogP contribution in [-0.4, -0.2) is 25.0 Å². The first-order valence-corrected chi connectivity index (χ1v) is 6.95. The van der Waals surface area contributed by atoms with Crippen LogP contribution in [0.5, 0.6) is 5.75 Å². The van der Waals surface area contributed by atoms with E-state index in [1.165, 1.54) is 0 Å². The quantitative estimate of drug-likeness (QED) is 0.588. The highest BCUT2D eigenvalue weighted by Gasteiger charge is 2.11. The van der Waals surface area contributed by atoms with E-state index in [1.807, 2.05) is 38.1 Å². The summed E-state index contributed by atoms with van der Waals surface area (Å²) in [6.45, 7) is 5.43. The summed E-state index contributed by atoms with van der Waals surface area (Å²) in [5, 5.41) is 5.16. The number of unbranched alkanes of at least 4 members (excludes halogenated alkanes) is 1. The topological polar surface area (TPSA) is 67.4 Å². The molecule has 110 valence electrons. The van der Waals surface area contributed by atoms with Crippen LogP contribution in [0.3, 0.4) is 0 Å². The molecule has 0 fully saturated rings. The smallest absolute Gasteiger partial charge is 0.309 e. The summed E-state index contributed by atoms with van der Waals surface area (Å²) in [7, 11) is 0. The van der Waals surface area contributed by atoms with Crippen LogP contribution in [0, 0.1) is 0 Å². The van der Waals surface area contributed by atoms with Crippen LogP contribution in [0.15, 0.2) is 24.3 Å². The molecule has 2 amide bonds. The maximum absolute atomic E-state index is 11.5. The Hall–Kier alpha value is -2.04. The van der Waals surface area contributed by atoms with Crippen molar-refractivity contribution >= 4 is 11.8 Å². The second kappa shape index (κ2) is 8.96. The second-order valence-electron chi connectivity index (χ2n) is 4.37. The molecular formula is C15H22N2O3. The monoisotopic (exact) mass is 278 g/mol. The van der Waals surface area contributed by atoms with Crippen LogP contribution in [0.4, 0.5) is 0 Å². The molecule has 0 aromatic heterocycles. The Labute approximate surface area is 119 Å². The molecule has 0 aliphatic heterocycles. The Morgan fingerprint density at radius 3 is 2.30 bits per heavy atom. The molecule has 0 spiro atoms. The van der Waals surface area contributed by atoms with Gasteiger partial charge >= 0.3 is 11.8 Å². The van der Waals surface area contributed by atoms with Gasteiger partial charge in [-0.25, -0.2) is 0 Å². The number of amides is 2. The van der Waals surface area contributed by atoms with Gasteiger partial charge in [0.1, 0.15) is 5.75 Å². The number of nitrogens with one attached hydrogen (secondary N) is 2. The predicted octanol–water partition coefficient (Wildman–Crippen LogP) is 1.62. The third kappa shape index (κ3) is 5.73. The average Bonchev–Trinajstić information content (AvgIpc) is 2.46. The van der Waals surface area contributed by atoms with E-state index in [-0.39, 0.29) is 0 Å². The number of rotatable bonds is 7. The molecule has 1 rings (SSSR count). The molecule has 5 heteroatoms. The molecule has 1 aromatic carbocycles. The summed E-state index contributed by atoms with van der Waals surface area (Å²) in [6, 6.07) is 7.40. The van der Waals surface area contributed by atoms with Crippen molar-refractivity contribution in [2.45, 2.75) is 33.2 Å². The van der Waals surface area contributed by atoms with Crippen molar-refractivity contribution in [1.82, 2.24) is 10.6 Å². The lowest BCUT2D eigenvalue weighted by Crippen LogP contribution is -2.39. The molecule has 0 heterocycles. The molecule has 0 unspecified atom stereocenters. The van der Waals surface area contributed by atoms with Gasteiger partial charge in [-0.2, -0.15) is 0 Å². The summed E-state index contributed by atoms with van der Waals surface area (Å²) in [6.07, 6.45) is 1.85. The Balaban J connectivity index is 2.34. The van der Waals surface area contributed by atoms with E-state index in [0.717, 1.165) is 24.2 Å². The summed E-state index contributed by atoms with van der Waals surface area (Å²) in [5.41, 5.74) is 0.920. The molecule has 0 aliphatic rings. The number of carbonyl (C=O) groups is 2. The minimum atomic E-state index is -0.602. The van der Waals surface area contributed by atoms with Gasteiger partial charge in [0.25, 0.3) is 0 Å². The van der Waals surface area contributed by atoms with Crippen LogP contribution in [0.2, 0.25) is 0 Å². The summed E-state index contributed by atoms with van der Waals surface area (Å²) < 4.78 is 5.33. The van der Waals surface area contributed by atoms with Crippen LogP contribution in [-0.2, 0) is 16.1 Å². The molecule has 20 heavy (non-hydrogen) atoms. The average molecular weight is 278 g/mol. The third-order valence-corrected chi connectivity index (χ3v) is 2.71. The lowest BCUT2D eigenvalue weighted by Gasteiger charge is -2.07. The van der Waals surface area contributed by atoms with Gasteiger partial charge in [-0.3, -0.25) is 9.59 Å². The number of carbonyl (C=O) groups excluding carboxylic acids is 2. The van der Waals surface area contributed by atoms with Gasteiger partial charge in [-0.05, 0) is 31.0 Å². The van der Waals surface area contributed by atoms with E-state index in [2.05, 4.69) is 10.6 Å². The van der Waals surface area contributed by atoms with E-state index < -0.39 is 11.8 Å². The van der Waals surface area contributed by atoms with Crippen molar-refractivity contribution in [2.24, 2.45) is 0 Å². The van der Waals surface area contributed by atoms with Crippen molar-refractivity contribution < 1.29 is 14.3 Å². The molecule has 0 atom stereocenters. The van der Waals surface area contributed by atoms with Crippen LogP contribution < -0.4 is 15.4 Å². The highest BCUT2D eigenvalue weighted by atomic mass is 16.5. The molecule has 0 bridgehead atoms. The summed E-state index contributed by atoms with van der Waals surface area (Å²) >= 11 is 0. The first kappa shape index (κ1) is 16.0. The third-order valence-electron chi connectivity index (χ3n) is 2.71. The van der Waals surface area contributed by atoms with Gasteiger partial charge in [-0.1, -0.05) is 25.5 Å². The highest BCUT2D eigenvalue weighted by molar-refractivity contribution is 6.35. The zero-order chi connectivity index (χ0) is 14.8. The number of benzene rings is 1. The minimum Gasteiger partial charge on any atom is -0.494 e. The highest BCUT2D eigenvalue weighted by Crippen LogP contribution is 2.11. The Morgan fingerprint density at radius 2 is 1.70 bits per heavy atom. The van der Waals surface area contributed by atoms with Crippen molar-refractivity contribution in [3.05, 3.63) is 29.8 Å². The maximum Gasteiger partial charge on any atom is 0.309 e. The molecule has 1 aromatic rings. The van der Waals surface area contributed by atoms with Crippen molar-refractivity contribution in [3.8, 4) is 5.75 Å². The lowest BCUT2D eigenvalue weighted by atomic mass is 10.2. The van der Waals surface area contributed by atoms with Crippen molar-refractivity contribution in [1.29, 1.82) is 0 Å². The predicted molar refractivity (Wildman–Crippen MR) is 77.4 cm³/mol.